The molecule has 0 saturated heterocycles. The maximum Gasteiger partial charge on any atom is 0.130 e. The standard InChI is InChI=1S/C13H9F2N.C13H10/c14-8-5-11-10-2-1-9(16)3-7(10)4-12(11)13(15)6-8;1-3-7-12-10(5-1)9-11-6-2-4-8-13(11)12/h1-3,5-6H,4,16H2;1-8H,9H2. The number of hydrogen-bond donors (Lipinski definition) is 1. The van der Waals surface area contributed by atoms with Gasteiger partial charge in [-0.05, 0) is 63.6 Å². The highest BCUT2D eigenvalue weighted by Crippen LogP contribution is 2.39. The van der Waals surface area contributed by atoms with E-state index in [1.165, 1.54) is 28.3 Å². The topological polar surface area (TPSA) is 26.0 Å². The van der Waals surface area contributed by atoms with Crippen molar-refractivity contribution >= 4 is 5.69 Å². The molecule has 29 heavy (non-hydrogen) atoms. The van der Waals surface area contributed by atoms with Gasteiger partial charge in [0, 0.05) is 23.7 Å². The fourth-order valence-electron chi connectivity index (χ4n) is 4.32. The quantitative estimate of drug-likeness (QED) is 0.303. The molecule has 0 bridgehead atoms. The molecule has 0 amide bonds. The number of anilines is 1. The maximum atomic E-state index is 13.5. The Balaban J connectivity index is 0.000000128. The first kappa shape index (κ1) is 17.6. The predicted octanol–water partition coefficient (Wildman–Crippen LogP) is 6.38. The molecule has 2 N–H and O–H groups in total. The highest BCUT2D eigenvalue weighted by molar-refractivity contribution is 5.78. The van der Waals surface area contributed by atoms with Gasteiger partial charge < -0.3 is 5.73 Å². The van der Waals surface area contributed by atoms with Crippen molar-refractivity contribution in [2.24, 2.45) is 0 Å². The van der Waals surface area contributed by atoms with Crippen LogP contribution in [0.1, 0.15) is 22.3 Å². The second kappa shape index (κ2) is 6.85. The average molecular weight is 383 g/mol. The summed E-state index contributed by atoms with van der Waals surface area (Å²) in [6.07, 6.45) is 1.59. The van der Waals surface area contributed by atoms with Crippen LogP contribution in [0, 0.1) is 11.6 Å². The molecule has 0 unspecified atom stereocenters. The lowest BCUT2D eigenvalue weighted by atomic mass is 10.1. The lowest BCUT2D eigenvalue weighted by molar-refractivity contribution is 0.577. The highest BCUT2D eigenvalue weighted by atomic mass is 19.1. The fraction of sp³-hybridized carbons (Fsp3) is 0.0769. The molecule has 0 heterocycles. The zero-order valence-electron chi connectivity index (χ0n) is 15.8. The lowest BCUT2D eigenvalue weighted by Gasteiger charge is -2.02. The monoisotopic (exact) mass is 383 g/mol. The van der Waals surface area contributed by atoms with E-state index in [1.807, 2.05) is 12.1 Å². The van der Waals surface area contributed by atoms with E-state index in [0.29, 0.717) is 23.2 Å². The van der Waals surface area contributed by atoms with E-state index >= 15 is 0 Å². The van der Waals surface area contributed by atoms with Crippen LogP contribution in [-0.2, 0) is 12.8 Å². The van der Waals surface area contributed by atoms with Crippen molar-refractivity contribution in [1.82, 2.24) is 0 Å². The molecule has 4 aromatic carbocycles. The van der Waals surface area contributed by atoms with Crippen LogP contribution in [-0.4, -0.2) is 0 Å². The Morgan fingerprint density at radius 3 is 1.90 bits per heavy atom. The molecule has 0 atom stereocenters. The van der Waals surface area contributed by atoms with Crippen LogP contribution in [0.25, 0.3) is 22.3 Å². The van der Waals surface area contributed by atoms with Gasteiger partial charge in [0.05, 0.1) is 0 Å². The van der Waals surface area contributed by atoms with Crippen LogP contribution < -0.4 is 5.73 Å². The van der Waals surface area contributed by atoms with Gasteiger partial charge >= 0.3 is 0 Å². The summed E-state index contributed by atoms with van der Waals surface area (Å²) >= 11 is 0. The van der Waals surface area contributed by atoms with Crippen molar-refractivity contribution < 1.29 is 8.78 Å². The fourth-order valence-corrected chi connectivity index (χ4v) is 4.32. The minimum Gasteiger partial charge on any atom is -0.399 e. The summed E-state index contributed by atoms with van der Waals surface area (Å²) in [7, 11) is 0. The van der Waals surface area contributed by atoms with Crippen molar-refractivity contribution in [2.75, 3.05) is 5.73 Å². The van der Waals surface area contributed by atoms with E-state index in [0.717, 1.165) is 23.6 Å². The SMILES string of the molecule is Nc1ccc2c(c1)Cc1c(F)cc(F)cc1-2.c1ccc2c(c1)Cc1ccccc1-2. The zero-order chi connectivity index (χ0) is 20.0. The van der Waals surface area contributed by atoms with Gasteiger partial charge in [-0.25, -0.2) is 8.78 Å². The highest BCUT2D eigenvalue weighted by Gasteiger charge is 2.22. The number of hydrogen-bond acceptors (Lipinski definition) is 1. The molecule has 4 aromatic rings. The van der Waals surface area contributed by atoms with Gasteiger partial charge in [-0.2, -0.15) is 0 Å². The molecule has 0 aromatic heterocycles. The number of nitrogens with two attached hydrogens (primary N) is 1. The zero-order valence-corrected chi connectivity index (χ0v) is 15.8. The number of nitrogen functional groups attached to an aromatic ring is 1. The largest absolute Gasteiger partial charge is 0.399 e. The molecule has 142 valence electrons. The third-order valence-electron chi connectivity index (χ3n) is 5.65. The molecule has 0 radical (unpaired) electrons. The van der Waals surface area contributed by atoms with Crippen LogP contribution in [0.3, 0.4) is 0 Å². The minimum absolute atomic E-state index is 0.482. The summed E-state index contributed by atoms with van der Waals surface area (Å²) in [6.45, 7) is 0. The third kappa shape index (κ3) is 3.09. The van der Waals surface area contributed by atoms with E-state index in [2.05, 4.69) is 48.5 Å². The molecule has 2 aliphatic carbocycles. The maximum absolute atomic E-state index is 13.5. The van der Waals surface area contributed by atoms with Crippen molar-refractivity contribution in [3.8, 4) is 22.3 Å². The van der Waals surface area contributed by atoms with Crippen LogP contribution in [0.15, 0.2) is 78.9 Å². The molecule has 0 aliphatic heterocycles. The van der Waals surface area contributed by atoms with Crippen molar-refractivity contribution in [3.63, 3.8) is 0 Å². The van der Waals surface area contributed by atoms with Gasteiger partial charge in [0.15, 0.2) is 0 Å². The number of benzene rings is 4. The van der Waals surface area contributed by atoms with Crippen LogP contribution in [0.2, 0.25) is 0 Å². The van der Waals surface area contributed by atoms with Gasteiger partial charge in [0.25, 0.3) is 0 Å². The summed E-state index contributed by atoms with van der Waals surface area (Å²) in [5, 5.41) is 0. The average Bonchev–Trinajstić information content (AvgIpc) is 3.26. The summed E-state index contributed by atoms with van der Waals surface area (Å²) in [4.78, 5) is 0. The Morgan fingerprint density at radius 2 is 1.21 bits per heavy atom. The Hall–Kier alpha value is -3.46. The van der Waals surface area contributed by atoms with Crippen LogP contribution >= 0.6 is 0 Å². The minimum atomic E-state index is -0.541. The third-order valence-corrected chi connectivity index (χ3v) is 5.65. The predicted molar refractivity (Wildman–Crippen MR) is 114 cm³/mol. The van der Waals surface area contributed by atoms with Gasteiger partial charge in [-0.3, -0.25) is 0 Å². The summed E-state index contributed by atoms with van der Waals surface area (Å²) < 4.78 is 26.7. The Bertz CT molecular complexity index is 1200. The first-order valence-electron chi connectivity index (χ1n) is 9.63. The van der Waals surface area contributed by atoms with Crippen molar-refractivity contribution in [2.45, 2.75) is 12.8 Å². The number of halogens is 2. The summed E-state index contributed by atoms with van der Waals surface area (Å²) in [6, 6.07) is 25.0. The van der Waals surface area contributed by atoms with E-state index in [1.54, 1.807) is 6.07 Å². The summed E-state index contributed by atoms with van der Waals surface area (Å²) in [5.41, 5.74) is 15.1. The second-order valence-electron chi connectivity index (χ2n) is 7.50. The molecule has 0 fully saturated rings. The van der Waals surface area contributed by atoms with Crippen LogP contribution in [0.5, 0.6) is 0 Å². The van der Waals surface area contributed by atoms with Gasteiger partial charge in [-0.1, -0.05) is 54.6 Å². The molecule has 2 aliphatic rings. The second-order valence-corrected chi connectivity index (χ2v) is 7.50. The summed E-state index contributed by atoms with van der Waals surface area (Å²) in [5.74, 6) is -1.02. The van der Waals surface area contributed by atoms with E-state index in [9.17, 15) is 8.78 Å². The van der Waals surface area contributed by atoms with Crippen molar-refractivity contribution in [3.05, 3.63) is 113 Å². The first-order valence-corrected chi connectivity index (χ1v) is 9.63. The first-order chi connectivity index (χ1) is 14.1. The van der Waals surface area contributed by atoms with E-state index in [4.69, 9.17) is 5.73 Å². The van der Waals surface area contributed by atoms with Crippen molar-refractivity contribution in [1.29, 1.82) is 0 Å². The molecule has 0 spiro atoms. The molecule has 6 rings (SSSR count). The van der Waals surface area contributed by atoms with Gasteiger partial charge in [-0.15, -0.1) is 0 Å². The Morgan fingerprint density at radius 1 is 0.586 bits per heavy atom. The van der Waals surface area contributed by atoms with Crippen LogP contribution in [0.4, 0.5) is 14.5 Å². The molecule has 3 heteroatoms. The number of fused-ring (bicyclic) bond motifs is 6. The van der Waals surface area contributed by atoms with Gasteiger partial charge in [0.2, 0.25) is 0 Å². The Labute approximate surface area is 168 Å². The molecular weight excluding hydrogens is 364 g/mol. The van der Waals surface area contributed by atoms with Gasteiger partial charge in [0.1, 0.15) is 11.6 Å². The normalized spacial score (nSPS) is 12.3. The van der Waals surface area contributed by atoms with E-state index < -0.39 is 11.6 Å². The molecule has 0 saturated carbocycles. The number of rotatable bonds is 0. The molecule has 1 nitrogen and oxygen atoms in total. The Kier molecular flexibility index (Phi) is 4.17. The van der Waals surface area contributed by atoms with E-state index in [-0.39, 0.29) is 0 Å². The molecular formula is C26H19F2N. The lowest BCUT2D eigenvalue weighted by Crippen LogP contribution is -1.89. The smallest absolute Gasteiger partial charge is 0.130 e.